The lowest BCUT2D eigenvalue weighted by molar-refractivity contribution is 0.0954. The molecule has 8 heteroatoms. The lowest BCUT2D eigenvalue weighted by atomic mass is 10.2. The first kappa shape index (κ1) is 17.1. The normalized spacial score (nSPS) is 15.5. The summed E-state index contributed by atoms with van der Waals surface area (Å²) < 4.78 is 26.4. The molecule has 0 saturated carbocycles. The summed E-state index contributed by atoms with van der Waals surface area (Å²) in [6, 6.07) is 6.12. The van der Waals surface area contributed by atoms with Crippen LogP contribution in [-0.4, -0.2) is 43.2 Å². The summed E-state index contributed by atoms with van der Waals surface area (Å²) in [5, 5.41) is 4.76. The van der Waals surface area contributed by atoms with Gasteiger partial charge < -0.3 is 5.32 Å². The van der Waals surface area contributed by atoms with E-state index in [-0.39, 0.29) is 10.8 Å². The van der Waals surface area contributed by atoms with Crippen LogP contribution in [0.5, 0.6) is 0 Å². The molecule has 1 aromatic carbocycles. The molecule has 2 heterocycles. The number of rotatable bonds is 6. The van der Waals surface area contributed by atoms with Gasteiger partial charge in [0.2, 0.25) is 10.0 Å². The minimum absolute atomic E-state index is 0.213. The van der Waals surface area contributed by atoms with Gasteiger partial charge in [-0.25, -0.2) is 13.4 Å². The number of carbonyl (C=O) groups excluding carboxylic acids is 1. The molecule has 1 saturated heterocycles. The van der Waals surface area contributed by atoms with Gasteiger partial charge in [0, 0.05) is 37.0 Å². The molecule has 3 rings (SSSR count). The molecule has 6 nitrogen and oxygen atoms in total. The van der Waals surface area contributed by atoms with Crippen LogP contribution >= 0.6 is 11.3 Å². The predicted octanol–water partition coefficient (Wildman–Crippen LogP) is 1.90. The molecule has 0 radical (unpaired) electrons. The third kappa shape index (κ3) is 3.82. The first-order valence-corrected chi connectivity index (χ1v) is 10.2. The van der Waals surface area contributed by atoms with E-state index < -0.39 is 10.0 Å². The average Bonchev–Trinajstić information content (AvgIpc) is 3.29. The summed E-state index contributed by atoms with van der Waals surface area (Å²) in [5.74, 6) is -0.213. The molecule has 0 bridgehead atoms. The van der Waals surface area contributed by atoms with Crippen molar-refractivity contribution >= 4 is 27.3 Å². The molecule has 128 valence electrons. The lowest BCUT2D eigenvalue weighted by Gasteiger charge is -2.15. The Balaban J connectivity index is 1.60. The van der Waals surface area contributed by atoms with Crippen molar-refractivity contribution in [2.75, 3.05) is 19.6 Å². The molecule has 1 aromatic heterocycles. The highest BCUT2D eigenvalue weighted by atomic mass is 32.2. The van der Waals surface area contributed by atoms with Crippen molar-refractivity contribution in [3.63, 3.8) is 0 Å². The Hall–Kier alpha value is -1.77. The van der Waals surface area contributed by atoms with Crippen LogP contribution in [0.2, 0.25) is 0 Å². The zero-order valence-electron chi connectivity index (χ0n) is 13.1. The van der Waals surface area contributed by atoms with E-state index in [0.29, 0.717) is 31.6 Å². The summed E-state index contributed by atoms with van der Waals surface area (Å²) >= 11 is 1.52. The number of thiazole rings is 1. The van der Waals surface area contributed by atoms with Crippen molar-refractivity contribution in [1.29, 1.82) is 0 Å². The van der Waals surface area contributed by atoms with Gasteiger partial charge in [0.25, 0.3) is 5.91 Å². The largest absolute Gasteiger partial charge is 0.352 e. The summed E-state index contributed by atoms with van der Waals surface area (Å²) in [4.78, 5) is 16.5. The van der Waals surface area contributed by atoms with Crippen molar-refractivity contribution in [2.24, 2.45) is 0 Å². The molecule has 1 aliphatic rings. The third-order valence-corrected chi connectivity index (χ3v) is 6.52. The Bertz CT molecular complexity index is 780. The van der Waals surface area contributed by atoms with Gasteiger partial charge >= 0.3 is 0 Å². The highest BCUT2D eigenvalue weighted by molar-refractivity contribution is 7.89. The molecule has 0 spiro atoms. The summed E-state index contributed by atoms with van der Waals surface area (Å²) in [5.41, 5.74) is 3.16. The SMILES string of the molecule is O=C(NCCc1cscn1)c1ccc(S(=O)(=O)N2CCCC2)cc1. The molecule has 0 atom stereocenters. The zero-order valence-corrected chi connectivity index (χ0v) is 14.8. The van der Waals surface area contributed by atoms with Crippen molar-refractivity contribution in [3.05, 3.63) is 46.4 Å². The van der Waals surface area contributed by atoms with Crippen molar-refractivity contribution in [2.45, 2.75) is 24.2 Å². The number of nitrogens with one attached hydrogen (secondary N) is 1. The van der Waals surface area contributed by atoms with Crippen LogP contribution < -0.4 is 5.32 Å². The topological polar surface area (TPSA) is 79.4 Å². The monoisotopic (exact) mass is 365 g/mol. The van der Waals surface area contributed by atoms with Crippen LogP contribution in [0.3, 0.4) is 0 Å². The number of hydrogen-bond acceptors (Lipinski definition) is 5. The second-order valence-electron chi connectivity index (χ2n) is 5.62. The second-order valence-corrected chi connectivity index (χ2v) is 8.28. The van der Waals surface area contributed by atoms with Crippen molar-refractivity contribution < 1.29 is 13.2 Å². The summed E-state index contributed by atoms with van der Waals surface area (Å²) in [6.07, 6.45) is 2.48. The minimum atomic E-state index is -3.43. The first-order chi connectivity index (χ1) is 11.6. The summed E-state index contributed by atoms with van der Waals surface area (Å²) in [6.45, 7) is 1.64. The molecule has 0 unspecified atom stereocenters. The number of aromatic nitrogens is 1. The Morgan fingerprint density at radius 1 is 1.21 bits per heavy atom. The molecule has 1 aliphatic heterocycles. The van der Waals surface area contributed by atoms with Gasteiger partial charge in [-0.1, -0.05) is 0 Å². The van der Waals surface area contributed by atoms with Gasteiger partial charge in [-0.05, 0) is 37.1 Å². The fourth-order valence-corrected chi connectivity index (χ4v) is 4.73. The Morgan fingerprint density at radius 3 is 2.54 bits per heavy atom. The quantitative estimate of drug-likeness (QED) is 0.848. The van der Waals surface area contributed by atoms with E-state index in [1.165, 1.54) is 27.8 Å². The van der Waals surface area contributed by atoms with Gasteiger partial charge in [0.15, 0.2) is 0 Å². The molecular formula is C16H19N3O3S2. The first-order valence-electron chi connectivity index (χ1n) is 7.83. The van der Waals surface area contributed by atoms with Crippen LogP contribution in [0, 0.1) is 0 Å². The van der Waals surface area contributed by atoms with Crippen molar-refractivity contribution in [3.8, 4) is 0 Å². The number of benzene rings is 1. The third-order valence-electron chi connectivity index (χ3n) is 3.97. The maximum Gasteiger partial charge on any atom is 0.251 e. The minimum Gasteiger partial charge on any atom is -0.352 e. The average molecular weight is 365 g/mol. The number of nitrogens with zero attached hydrogens (tertiary/aromatic N) is 2. The maximum absolute atomic E-state index is 12.4. The number of sulfonamides is 1. The Morgan fingerprint density at radius 2 is 1.92 bits per heavy atom. The van der Waals surface area contributed by atoms with Crippen LogP contribution in [0.4, 0.5) is 0 Å². The Labute approximate surface area is 145 Å². The van der Waals surface area contributed by atoms with E-state index in [9.17, 15) is 13.2 Å². The van der Waals surface area contributed by atoms with Gasteiger partial charge in [-0.15, -0.1) is 11.3 Å². The van der Waals surface area contributed by atoms with Crippen molar-refractivity contribution in [1.82, 2.24) is 14.6 Å². The van der Waals surface area contributed by atoms with E-state index in [4.69, 9.17) is 0 Å². The molecule has 2 aromatic rings. The Kier molecular flexibility index (Phi) is 5.27. The van der Waals surface area contributed by atoms with E-state index in [1.807, 2.05) is 5.38 Å². The highest BCUT2D eigenvalue weighted by Crippen LogP contribution is 2.21. The van der Waals surface area contributed by atoms with Gasteiger partial charge in [-0.2, -0.15) is 4.31 Å². The van der Waals surface area contributed by atoms with Gasteiger partial charge in [0.1, 0.15) is 0 Å². The van der Waals surface area contributed by atoms with E-state index >= 15 is 0 Å². The van der Waals surface area contributed by atoms with Crippen LogP contribution in [0.15, 0.2) is 40.1 Å². The summed E-state index contributed by atoms with van der Waals surface area (Å²) in [7, 11) is -3.43. The van der Waals surface area contributed by atoms with Crippen LogP contribution in [0.1, 0.15) is 28.9 Å². The second kappa shape index (κ2) is 7.42. The van der Waals surface area contributed by atoms with Crippen LogP contribution in [-0.2, 0) is 16.4 Å². The maximum atomic E-state index is 12.4. The highest BCUT2D eigenvalue weighted by Gasteiger charge is 2.27. The van der Waals surface area contributed by atoms with E-state index in [0.717, 1.165) is 18.5 Å². The van der Waals surface area contributed by atoms with E-state index in [1.54, 1.807) is 17.6 Å². The zero-order chi connectivity index (χ0) is 17.0. The number of carbonyl (C=O) groups is 1. The fourth-order valence-electron chi connectivity index (χ4n) is 2.62. The molecule has 1 amide bonds. The van der Waals surface area contributed by atoms with Gasteiger partial charge in [-0.3, -0.25) is 4.79 Å². The van der Waals surface area contributed by atoms with Crippen LogP contribution in [0.25, 0.3) is 0 Å². The number of hydrogen-bond donors (Lipinski definition) is 1. The lowest BCUT2D eigenvalue weighted by Crippen LogP contribution is -2.28. The fraction of sp³-hybridized carbons (Fsp3) is 0.375. The molecule has 1 fully saturated rings. The molecule has 24 heavy (non-hydrogen) atoms. The van der Waals surface area contributed by atoms with Gasteiger partial charge in [0.05, 0.1) is 16.1 Å². The standard InChI is InChI=1S/C16H19N3O3S2/c20-16(17-8-7-14-11-23-12-18-14)13-3-5-15(6-4-13)24(21,22)19-9-1-2-10-19/h3-6,11-12H,1-2,7-10H2,(H,17,20). The molecule has 1 N–H and O–H groups in total. The smallest absolute Gasteiger partial charge is 0.251 e. The predicted molar refractivity (Wildman–Crippen MR) is 92.6 cm³/mol. The molecule has 0 aliphatic carbocycles. The van der Waals surface area contributed by atoms with E-state index in [2.05, 4.69) is 10.3 Å². The number of amides is 1. The molecular weight excluding hydrogens is 346 g/mol.